The third kappa shape index (κ3) is 6.74. The van der Waals surface area contributed by atoms with Crippen LogP contribution in [0.3, 0.4) is 0 Å². The Morgan fingerprint density at radius 3 is 2.47 bits per heavy atom. The molecule has 0 aromatic heterocycles. The molecule has 0 spiro atoms. The van der Waals surface area contributed by atoms with E-state index in [1.54, 1.807) is 0 Å². The summed E-state index contributed by atoms with van der Waals surface area (Å²) in [5.41, 5.74) is 1.47. The van der Waals surface area contributed by atoms with Crippen molar-refractivity contribution in [2.24, 2.45) is 11.3 Å². The van der Waals surface area contributed by atoms with Crippen LogP contribution in [0.4, 0.5) is 0 Å². The molecule has 0 amide bonds. The van der Waals surface area contributed by atoms with Gasteiger partial charge in [-0.05, 0) is 24.4 Å². The first kappa shape index (κ1) is 16.2. The number of benzene rings is 1. The SMILES string of the molecule is CCC(C)(CNCC(C)C)COCc1ccccc1. The summed E-state index contributed by atoms with van der Waals surface area (Å²) in [6, 6.07) is 10.4. The maximum Gasteiger partial charge on any atom is 0.0717 e. The third-order valence-corrected chi connectivity index (χ3v) is 3.52. The lowest BCUT2D eigenvalue weighted by Crippen LogP contribution is -2.36. The quantitative estimate of drug-likeness (QED) is 0.730. The summed E-state index contributed by atoms with van der Waals surface area (Å²) in [7, 11) is 0. The maximum absolute atomic E-state index is 5.89. The van der Waals surface area contributed by atoms with Crippen molar-refractivity contribution in [3.05, 3.63) is 35.9 Å². The summed E-state index contributed by atoms with van der Waals surface area (Å²) < 4.78 is 5.89. The molecule has 108 valence electrons. The van der Waals surface area contributed by atoms with Crippen LogP contribution in [-0.4, -0.2) is 19.7 Å². The third-order valence-electron chi connectivity index (χ3n) is 3.52. The second-order valence-corrected chi connectivity index (χ2v) is 6.17. The first-order valence-corrected chi connectivity index (χ1v) is 7.38. The van der Waals surface area contributed by atoms with Gasteiger partial charge in [0.2, 0.25) is 0 Å². The molecule has 0 saturated heterocycles. The van der Waals surface area contributed by atoms with Crippen molar-refractivity contribution < 1.29 is 4.74 Å². The van der Waals surface area contributed by atoms with Gasteiger partial charge in [-0.2, -0.15) is 0 Å². The van der Waals surface area contributed by atoms with Crippen molar-refractivity contribution in [1.82, 2.24) is 5.32 Å². The van der Waals surface area contributed by atoms with Gasteiger partial charge in [-0.1, -0.05) is 58.0 Å². The Kier molecular flexibility index (Phi) is 7.11. The van der Waals surface area contributed by atoms with E-state index in [9.17, 15) is 0 Å². The van der Waals surface area contributed by atoms with Gasteiger partial charge >= 0.3 is 0 Å². The van der Waals surface area contributed by atoms with Crippen molar-refractivity contribution >= 4 is 0 Å². The first-order valence-electron chi connectivity index (χ1n) is 7.38. The predicted octanol–water partition coefficient (Wildman–Crippen LogP) is 3.87. The van der Waals surface area contributed by atoms with Crippen molar-refractivity contribution in [2.45, 2.75) is 40.7 Å². The fraction of sp³-hybridized carbons (Fsp3) is 0.647. The molecule has 1 aromatic rings. The summed E-state index contributed by atoms with van der Waals surface area (Å²) in [5, 5.41) is 3.55. The summed E-state index contributed by atoms with van der Waals surface area (Å²) in [6.07, 6.45) is 1.13. The second-order valence-electron chi connectivity index (χ2n) is 6.17. The van der Waals surface area contributed by atoms with Gasteiger partial charge in [0.05, 0.1) is 13.2 Å². The van der Waals surface area contributed by atoms with Crippen LogP contribution < -0.4 is 5.32 Å². The number of nitrogens with one attached hydrogen (secondary N) is 1. The highest BCUT2D eigenvalue weighted by Crippen LogP contribution is 2.21. The van der Waals surface area contributed by atoms with E-state index in [-0.39, 0.29) is 5.41 Å². The number of rotatable bonds is 9. The lowest BCUT2D eigenvalue weighted by Gasteiger charge is -2.29. The lowest BCUT2D eigenvalue weighted by molar-refractivity contribution is 0.0398. The second kappa shape index (κ2) is 8.34. The van der Waals surface area contributed by atoms with E-state index in [0.29, 0.717) is 12.5 Å². The lowest BCUT2D eigenvalue weighted by atomic mass is 9.88. The van der Waals surface area contributed by atoms with E-state index in [1.165, 1.54) is 5.56 Å². The van der Waals surface area contributed by atoms with Crippen LogP contribution >= 0.6 is 0 Å². The molecule has 1 atom stereocenters. The number of ether oxygens (including phenoxy) is 1. The summed E-state index contributed by atoms with van der Waals surface area (Å²) in [5.74, 6) is 0.700. The summed E-state index contributed by atoms with van der Waals surface area (Å²) in [4.78, 5) is 0. The monoisotopic (exact) mass is 263 g/mol. The maximum atomic E-state index is 5.89. The van der Waals surface area contributed by atoms with Gasteiger partial charge in [-0.25, -0.2) is 0 Å². The fourth-order valence-electron chi connectivity index (χ4n) is 1.93. The van der Waals surface area contributed by atoms with E-state index >= 15 is 0 Å². The predicted molar refractivity (Wildman–Crippen MR) is 82.2 cm³/mol. The molecular formula is C17H29NO. The zero-order valence-corrected chi connectivity index (χ0v) is 12.9. The van der Waals surface area contributed by atoms with E-state index in [2.05, 4.69) is 57.3 Å². The Morgan fingerprint density at radius 2 is 1.89 bits per heavy atom. The minimum Gasteiger partial charge on any atom is -0.376 e. The molecule has 0 bridgehead atoms. The molecule has 2 nitrogen and oxygen atoms in total. The number of hydrogen-bond donors (Lipinski definition) is 1. The standard InChI is InChI=1S/C17H29NO/c1-5-17(4,13-18-11-15(2)3)14-19-12-16-9-7-6-8-10-16/h6-10,15,18H,5,11-14H2,1-4H3. The molecule has 1 rings (SSSR count). The fourth-order valence-corrected chi connectivity index (χ4v) is 1.93. The summed E-state index contributed by atoms with van der Waals surface area (Å²) in [6.45, 7) is 12.6. The molecule has 1 N–H and O–H groups in total. The minimum atomic E-state index is 0.226. The smallest absolute Gasteiger partial charge is 0.0717 e. The van der Waals surface area contributed by atoms with Crippen molar-refractivity contribution in [3.63, 3.8) is 0 Å². The molecule has 0 radical (unpaired) electrons. The van der Waals surface area contributed by atoms with E-state index in [1.807, 2.05) is 6.07 Å². The zero-order chi connectivity index (χ0) is 14.1. The van der Waals surface area contributed by atoms with Gasteiger partial charge in [0, 0.05) is 12.0 Å². The first-order chi connectivity index (χ1) is 9.06. The van der Waals surface area contributed by atoms with E-state index < -0.39 is 0 Å². The Labute approximate surface area is 118 Å². The molecular weight excluding hydrogens is 234 g/mol. The molecule has 0 aliphatic heterocycles. The van der Waals surface area contributed by atoms with Crippen molar-refractivity contribution in [1.29, 1.82) is 0 Å². The van der Waals surface area contributed by atoms with E-state index in [0.717, 1.165) is 26.1 Å². The Bertz CT molecular complexity index is 336. The van der Waals surface area contributed by atoms with Crippen LogP contribution in [-0.2, 0) is 11.3 Å². The van der Waals surface area contributed by atoms with Gasteiger partial charge in [-0.15, -0.1) is 0 Å². The highest BCUT2D eigenvalue weighted by atomic mass is 16.5. The molecule has 2 heteroatoms. The summed E-state index contributed by atoms with van der Waals surface area (Å²) >= 11 is 0. The minimum absolute atomic E-state index is 0.226. The molecule has 0 heterocycles. The topological polar surface area (TPSA) is 21.3 Å². The zero-order valence-electron chi connectivity index (χ0n) is 12.9. The Balaban J connectivity index is 2.30. The van der Waals surface area contributed by atoms with Gasteiger partial charge in [-0.3, -0.25) is 0 Å². The molecule has 0 fully saturated rings. The molecule has 1 aromatic carbocycles. The molecule has 0 aliphatic rings. The van der Waals surface area contributed by atoms with Crippen LogP contribution in [0.15, 0.2) is 30.3 Å². The average Bonchev–Trinajstić information content (AvgIpc) is 2.39. The Morgan fingerprint density at radius 1 is 1.21 bits per heavy atom. The van der Waals surface area contributed by atoms with E-state index in [4.69, 9.17) is 4.74 Å². The highest BCUT2D eigenvalue weighted by molar-refractivity contribution is 5.13. The molecule has 0 aliphatic carbocycles. The van der Waals surface area contributed by atoms with Gasteiger partial charge in [0.15, 0.2) is 0 Å². The Hall–Kier alpha value is -0.860. The van der Waals surface area contributed by atoms with Crippen LogP contribution in [0.2, 0.25) is 0 Å². The van der Waals surface area contributed by atoms with Crippen LogP contribution in [0.25, 0.3) is 0 Å². The van der Waals surface area contributed by atoms with Gasteiger partial charge in [0.25, 0.3) is 0 Å². The number of hydrogen-bond acceptors (Lipinski definition) is 2. The van der Waals surface area contributed by atoms with Gasteiger partial charge in [0.1, 0.15) is 0 Å². The van der Waals surface area contributed by atoms with Gasteiger partial charge < -0.3 is 10.1 Å². The van der Waals surface area contributed by atoms with Crippen molar-refractivity contribution in [2.75, 3.05) is 19.7 Å². The normalized spacial score (nSPS) is 14.6. The van der Waals surface area contributed by atoms with Crippen LogP contribution in [0.5, 0.6) is 0 Å². The van der Waals surface area contributed by atoms with Crippen LogP contribution in [0, 0.1) is 11.3 Å². The molecule has 1 unspecified atom stereocenters. The molecule has 19 heavy (non-hydrogen) atoms. The largest absolute Gasteiger partial charge is 0.376 e. The highest BCUT2D eigenvalue weighted by Gasteiger charge is 2.22. The average molecular weight is 263 g/mol. The molecule has 0 saturated carbocycles. The van der Waals surface area contributed by atoms with Crippen molar-refractivity contribution in [3.8, 4) is 0 Å². The van der Waals surface area contributed by atoms with Crippen LogP contribution in [0.1, 0.15) is 39.7 Å².